The van der Waals surface area contributed by atoms with Gasteiger partial charge in [0.15, 0.2) is 0 Å². The molecule has 3 rings (SSSR count). The highest BCUT2D eigenvalue weighted by molar-refractivity contribution is 5.71. The predicted octanol–water partition coefficient (Wildman–Crippen LogP) is 3.10. The maximum atomic E-state index is 11.8. The number of hydrogen-bond acceptors (Lipinski definition) is 5. The molecule has 0 radical (unpaired) electrons. The zero-order valence-electron chi connectivity index (χ0n) is 15.8. The lowest BCUT2D eigenvalue weighted by Gasteiger charge is -2.22. The first-order valence-corrected chi connectivity index (χ1v) is 9.18. The van der Waals surface area contributed by atoms with E-state index in [1.165, 1.54) is 11.3 Å². The topological polar surface area (TPSA) is 66.2 Å². The molecule has 6 nitrogen and oxygen atoms in total. The Morgan fingerprint density at radius 3 is 2.77 bits per heavy atom. The monoisotopic (exact) mass is 357 g/mol. The maximum Gasteiger partial charge on any atom is 0.332 e. The molecule has 1 aliphatic rings. The minimum absolute atomic E-state index is 0.0265. The van der Waals surface area contributed by atoms with E-state index < -0.39 is 5.60 Å². The quantitative estimate of drug-likeness (QED) is 0.743. The molecule has 1 aromatic heterocycles. The zero-order chi connectivity index (χ0) is 18.6. The number of fused-ring (bicyclic) bond motifs is 1. The summed E-state index contributed by atoms with van der Waals surface area (Å²) in [7, 11) is 0. The van der Waals surface area contributed by atoms with Crippen molar-refractivity contribution in [3.05, 3.63) is 47.3 Å². The van der Waals surface area contributed by atoms with Crippen LogP contribution in [0.15, 0.2) is 30.3 Å². The summed E-state index contributed by atoms with van der Waals surface area (Å²) in [4.78, 5) is 11.8. The van der Waals surface area contributed by atoms with Gasteiger partial charge in [-0.3, -0.25) is 0 Å². The molecule has 1 heterocycles. The molecule has 0 saturated carbocycles. The Bertz CT molecular complexity index is 735. The van der Waals surface area contributed by atoms with Crippen molar-refractivity contribution in [2.75, 3.05) is 13.2 Å². The van der Waals surface area contributed by atoms with Gasteiger partial charge in [-0.25, -0.2) is 9.48 Å². The van der Waals surface area contributed by atoms with E-state index in [1.807, 2.05) is 43.7 Å². The van der Waals surface area contributed by atoms with Gasteiger partial charge < -0.3 is 9.47 Å². The molecule has 1 aromatic carbocycles. The van der Waals surface area contributed by atoms with Gasteiger partial charge in [0.1, 0.15) is 12.2 Å². The normalized spacial score (nSPS) is 17.0. The summed E-state index contributed by atoms with van der Waals surface area (Å²) in [6, 6.07) is 10.3. The number of ether oxygens (including phenoxy) is 2. The van der Waals surface area contributed by atoms with E-state index in [2.05, 4.69) is 22.4 Å². The minimum atomic E-state index is -0.488. The van der Waals surface area contributed by atoms with Crippen LogP contribution >= 0.6 is 0 Å². The second kappa shape index (κ2) is 7.99. The van der Waals surface area contributed by atoms with Crippen molar-refractivity contribution < 1.29 is 14.3 Å². The van der Waals surface area contributed by atoms with Crippen LogP contribution in [0.5, 0.6) is 0 Å². The van der Waals surface area contributed by atoms with Gasteiger partial charge in [-0.05, 0) is 45.6 Å². The van der Waals surface area contributed by atoms with Crippen molar-refractivity contribution in [2.24, 2.45) is 0 Å². The number of carbonyl (C=O) groups excluding carboxylic acids is 1. The highest BCUT2D eigenvalue weighted by atomic mass is 16.6. The lowest BCUT2D eigenvalue weighted by atomic mass is 9.90. The second-order valence-corrected chi connectivity index (χ2v) is 7.76. The standard InChI is InChI=1S/C20H27N3O3/c1-20(2,3)26-18(24)14-25-13-16-10-7-11-17-19(16)21-22-23(17)12-15-8-5-4-6-9-15/h4-6,8-9,16H,7,10-14H2,1-3H3. The molecule has 1 atom stereocenters. The minimum Gasteiger partial charge on any atom is -0.458 e. The van der Waals surface area contributed by atoms with Gasteiger partial charge in [0.2, 0.25) is 0 Å². The van der Waals surface area contributed by atoms with Crippen LogP contribution in [0.2, 0.25) is 0 Å². The van der Waals surface area contributed by atoms with Crippen molar-refractivity contribution in [3.63, 3.8) is 0 Å². The third-order valence-electron chi connectivity index (χ3n) is 4.35. The molecule has 0 saturated heterocycles. The first kappa shape index (κ1) is 18.6. The van der Waals surface area contributed by atoms with Crippen LogP contribution < -0.4 is 0 Å². The SMILES string of the molecule is CC(C)(C)OC(=O)COCC1CCCc2c1nnn2Cc1ccccc1. The fourth-order valence-corrected chi connectivity index (χ4v) is 3.27. The number of carbonyl (C=O) groups is 1. The molecule has 1 unspecified atom stereocenters. The fourth-order valence-electron chi connectivity index (χ4n) is 3.27. The summed E-state index contributed by atoms with van der Waals surface area (Å²) in [5, 5.41) is 8.76. The Balaban J connectivity index is 1.58. The summed E-state index contributed by atoms with van der Waals surface area (Å²) < 4.78 is 12.9. The van der Waals surface area contributed by atoms with E-state index in [9.17, 15) is 4.79 Å². The van der Waals surface area contributed by atoms with Crippen LogP contribution in [0.25, 0.3) is 0 Å². The molecule has 1 aliphatic carbocycles. The first-order valence-electron chi connectivity index (χ1n) is 9.18. The molecule has 6 heteroatoms. The second-order valence-electron chi connectivity index (χ2n) is 7.76. The lowest BCUT2D eigenvalue weighted by molar-refractivity contribution is -0.160. The Kier molecular flexibility index (Phi) is 5.71. The molecule has 0 aliphatic heterocycles. The van der Waals surface area contributed by atoms with E-state index in [4.69, 9.17) is 9.47 Å². The molecular weight excluding hydrogens is 330 g/mol. The zero-order valence-corrected chi connectivity index (χ0v) is 15.8. The van der Waals surface area contributed by atoms with Crippen LogP contribution in [0.4, 0.5) is 0 Å². The summed E-state index contributed by atoms with van der Waals surface area (Å²) in [5.74, 6) is -0.146. The summed E-state index contributed by atoms with van der Waals surface area (Å²) >= 11 is 0. The smallest absolute Gasteiger partial charge is 0.332 e. The molecule has 26 heavy (non-hydrogen) atoms. The average molecular weight is 357 g/mol. The largest absolute Gasteiger partial charge is 0.458 e. The molecule has 0 bridgehead atoms. The number of hydrogen-bond donors (Lipinski definition) is 0. The molecule has 0 spiro atoms. The molecule has 0 amide bonds. The average Bonchev–Trinajstić information content (AvgIpc) is 2.98. The third kappa shape index (κ3) is 4.91. The van der Waals surface area contributed by atoms with Crippen molar-refractivity contribution in [3.8, 4) is 0 Å². The van der Waals surface area contributed by atoms with Crippen molar-refractivity contribution in [2.45, 2.75) is 58.1 Å². The maximum absolute atomic E-state index is 11.8. The van der Waals surface area contributed by atoms with Crippen molar-refractivity contribution in [1.82, 2.24) is 15.0 Å². The summed E-state index contributed by atoms with van der Waals surface area (Å²) in [6.07, 6.45) is 3.07. The van der Waals surface area contributed by atoms with E-state index >= 15 is 0 Å². The Hall–Kier alpha value is -2.21. The Labute approximate surface area is 154 Å². The number of aromatic nitrogens is 3. The van der Waals surface area contributed by atoms with E-state index in [-0.39, 0.29) is 18.5 Å². The highest BCUT2D eigenvalue weighted by Gasteiger charge is 2.27. The van der Waals surface area contributed by atoms with Crippen LogP contribution in [0.1, 0.15) is 56.5 Å². The van der Waals surface area contributed by atoms with E-state index in [0.29, 0.717) is 6.61 Å². The first-order chi connectivity index (χ1) is 12.4. The molecular formula is C20H27N3O3. The van der Waals surface area contributed by atoms with Crippen LogP contribution in [-0.2, 0) is 27.2 Å². The number of rotatable bonds is 6. The summed E-state index contributed by atoms with van der Waals surface area (Å²) in [6.45, 7) is 6.72. The van der Waals surface area contributed by atoms with Gasteiger partial charge >= 0.3 is 5.97 Å². The van der Waals surface area contributed by atoms with Gasteiger partial charge in [0.25, 0.3) is 0 Å². The van der Waals surface area contributed by atoms with Crippen LogP contribution in [0.3, 0.4) is 0 Å². The molecule has 0 N–H and O–H groups in total. The van der Waals surface area contributed by atoms with Gasteiger partial charge in [-0.1, -0.05) is 35.5 Å². The van der Waals surface area contributed by atoms with Crippen molar-refractivity contribution >= 4 is 5.97 Å². The molecule has 140 valence electrons. The summed E-state index contributed by atoms with van der Waals surface area (Å²) in [5.41, 5.74) is 2.92. The van der Waals surface area contributed by atoms with Gasteiger partial charge in [-0.15, -0.1) is 5.10 Å². The van der Waals surface area contributed by atoms with Crippen molar-refractivity contribution in [1.29, 1.82) is 0 Å². The lowest BCUT2D eigenvalue weighted by Crippen LogP contribution is -2.27. The van der Waals surface area contributed by atoms with E-state index in [1.54, 1.807) is 0 Å². The Morgan fingerprint density at radius 2 is 2.04 bits per heavy atom. The third-order valence-corrected chi connectivity index (χ3v) is 4.35. The molecule has 2 aromatic rings. The number of esters is 1. The molecule has 0 fully saturated rings. The number of benzene rings is 1. The fraction of sp³-hybridized carbons (Fsp3) is 0.550. The van der Waals surface area contributed by atoms with Crippen LogP contribution in [0, 0.1) is 0 Å². The highest BCUT2D eigenvalue weighted by Crippen LogP contribution is 2.30. The van der Waals surface area contributed by atoms with Crippen LogP contribution in [-0.4, -0.2) is 39.8 Å². The van der Waals surface area contributed by atoms with Gasteiger partial charge in [-0.2, -0.15) is 0 Å². The Morgan fingerprint density at radius 1 is 1.27 bits per heavy atom. The van der Waals surface area contributed by atoms with E-state index in [0.717, 1.165) is 31.5 Å². The van der Waals surface area contributed by atoms with Gasteiger partial charge in [0.05, 0.1) is 24.5 Å². The van der Waals surface area contributed by atoms with Gasteiger partial charge in [0, 0.05) is 5.92 Å². The predicted molar refractivity (Wildman–Crippen MR) is 97.9 cm³/mol. The number of nitrogens with zero attached hydrogens (tertiary/aromatic N) is 3.